The van der Waals surface area contributed by atoms with Crippen molar-refractivity contribution in [2.45, 2.75) is 146 Å². The van der Waals surface area contributed by atoms with Crippen LogP contribution in [0.3, 0.4) is 0 Å². The van der Waals surface area contributed by atoms with Crippen LogP contribution in [0, 0.1) is 5.92 Å². The molecule has 382 valence electrons. The first-order valence-corrected chi connectivity index (χ1v) is 22.5. The summed E-state index contributed by atoms with van der Waals surface area (Å²) in [5.74, 6) is -9.21. The molecule has 9 atom stereocenters. The van der Waals surface area contributed by atoms with Crippen molar-refractivity contribution in [3.8, 4) is 0 Å². The van der Waals surface area contributed by atoms with E-state index in [-0.39, 0.29) is 81.6 Å². The van der Waals surface area contributed by atoms with Crippen LogP contribution in [0.2, 0.25) is 0 Å². The van der Waals surface area contributed by atoms with E-state index in [1.165, 1.54) is 13.8 Å². The highest BCUT2D eigenvalue weighted by atomic mass is 32.1. The van der Waals surface area contributed by atoms with Crippen molar-refractivity contribution >= 4 is 77.8 Å². The zero-order valence-electron chi connectivity index (χ0n) is 38.6. The molecule has 0 aromatic rings. The standard InChI is InChI=1S/C39H74N16O11S/c1-19(2)17-26(34(62)51-24(12-13-28(42)57)32(60)54-27(18-67)35(63)52-25(37(65)66)10-5-6-14-40)53-30(58)20(3)49-36(64)29(21(4)56)55-33(61)23(11-8-16-48-39(45)46)50-31(59)22(41)9-7-15-47-38(43)44/h19-27,29,56,67H,5-18,40-41H2,1-4H3,(H2,42,57)(H,49,64)(H,50,59)(H,51,62)(H,52,63)(H,53,58)(H,54,60)(H,55,61)(H,65,66)(H4,43,44,47)(H4,45,46,48)/t20-,21+,22-,23-,24-,25-,26-,27-,29-/m0/s1. The zero-order chi connectivity index (χ0) is 51.4. The smallest absolute Gasteiger partial charge is 0.326 e. The van der Waals surface area contributed by atoms with Gasteiger partial charge in [-0.3, -0.25) is 48.3 Å². The average molecular weight is 975 g/mol. The molecule has 28 heteroatoms. The number of aliphatic hydroxyl groups is 1. The normalized spacial score (nSPS) is 15.0. The number of carboxylic acid groups (broad SMARTS) is 1. The minimum Gasteiger partial charge on any atom is -0.480 e. The van der Waals surface area contributed by atoms with Crippen LogP contribution < -0.4 is 77.4 Å². The quantitative estimate of drug-likeness (QED) is 0.0123. The van der Waals surface area contributed by atoms with E-state index in [4.69, 9.17) is 40.1 Å². The van der Waals surface area contributed by atoms with Crippen molar-refractivity contribution in [2.24, 2.45) is 56.0 Å². The van der Waals surface area contributed by atoms with Crippen LogP contribution in [0.4, 0.5) is 0 Å². The molecule has 0 radical (unpaired) electrons. The Morgan fingerprint density at radius 3 is 1.52 bits per heavy atom. The molecular weight excluding hydrogens is 901 g/mol. The molecule has 0 heterocycles. The summed E-state index contributed by atoms with van der Waals surface area (Å²) in [5, 5.41) is 37.2. The Kier molecular flexibility index (Phi) is 29.7. The fourth-order valence-corrected chi connectivity index (χ4v) is 6.30. The molecule has 0 spiro atoms. The number of hydrogen-bond donors (Lipinski definition) is 17. The number of primary amides is 1. The van der Waals surface area contributed by atoms with Crippen LogP contribution in [-0.4, -0.2) is 155 Å². The molecule has 0 unspecified atom stereocenters. The van der Waals surface area contributed by atoms with Gasteiger partial charge in [0, 0.05) is 25.3 Å². The summed E-state index contributed by atoms with van der Waals surface area (Å²) in [7, 11) is 0. The number of hydrogen-bond acceptors (Lipinski definition) is 15. The lowest BCUT2D eigenvalue weighted by atomic mass is 10.0. The van der Waals surface area contributed by atoms with Gasteiger partial charge in [0.15, 0.2) is 11.9 Å². The molecule has 0 aliphatic carbocycles. The first-order chi connectivity index (χ1) is 31.3. The van der Waals surface area contributed by atoms with Crippen molar-refractivity contribution in [2.75, 3.05) is 25.4 Å². The Morgan fingerprint density at radius 2 is 1.01 bits per heavy atom. The second-order valence-electron chi connectivity index (χ2n) is 16.2. The lowest BCUT2D eigenvalue weighted by molar-refractivity contribution is -0.142. The summed E-state index contributed by atoms with van der Waals surface area (Å²) in [6, 6.07) is -10.9. The Labute approximate surface area is 395 Å². The number of carbonyl (C=O) groups excluding carboxylic acids is 8. The van der Waals surface area contributed by atoms with Crippen LogP contribution in [-0.2, 0) is 43.2 Å². The Morgan fingerprint density at radius 1 is 0.552 bits per heavy atom. The minimum atomic E-state index is -1.67. The van der Waals surface area contributed by atoms with E-state index in [1.807, 2.05) is 0 Å². The molecule has 27 nitrogen and oxygen atoms in total. The third-order valence-electron chi connectivity index (χ3n) is 9.73. The number of guanidine groups is 2. The number of unbranched alkanes of at least 4 members (excludes halogenated alkanes) is 1. The molecule has 0 fully saturated rings. The van der Waals surface area contributed by atoms with Gasteiger partial charge in [-0.05, 0) is 84.1 Å². The van der Waals surface area contributed by atoms with Gasteiger partial charge in [-0.15, -0.1) is 0 Å². The molecule has 23 N–H and O–H groups in total. The molecule has 67 heavy (non-hydrogen) atoms. The number of aliphatic hydroxyl groups excluding tert-OH is 1. The summed E-state index contributed by atoms with van der Waals surface area (Å²) >= 11 is 4.12. The minimum absolute atomic E-state index is 0.00732. The van der Waals surface area contributed by atoms with Gasteiger partial charge < -0.3 is 87.6 Å². The number of carboxylic acids is 1. The number of thiol groups is 1. The molecule has 0 aliphatic heterocycles. The van der Waals surface area contributed by atoms with Crippen LogP contribution in [0.15, 0.2) is 9.98 Å². The highest BCUT2D eigenvalue weighted by Gasteiger charge is 2.35. The molecule has 0 bridgehead atoms. The van der Waals surface area contributed by atoms with E-state index in [9.17, 15) is 53.4 Å². The van der Waals surface area contributed by atoms with Gasteiger partial charge in [0.2, 0.25) is 47.3 Å². The number of carbonyl (C=O) groups is 9. The maximum absolute atomic E-state index is 13.7. The second-order valence-corrected chi connectivity index (χ2v) is 16.6. The van der Waals surface area contributed by atoms with Crippen LogP contribution in [0.1, 0.15) is 91.9 Å². The maximum Gasteiger partial charge on any atom is 0.326 e. The molecule has 0 saturated carbocycles. The predicted octanol–water partition coefficient (Wildman–Crippen LogP) is -6.33. The number of aliphatic imine (C=N–C) groups is 2. The third kappa shape index (κ3) is 26.1. The number of aliphatic carboxylic acids is 1. The van der Waals surface area contributed by atoms with Crippen LogP contribution in [0.25, 0.3) is 0 Å². The number of amides is 8. The second kappa shape index (κ2) is 32.6. The van der Waals surface area contributed by atoms with Gasteiger partial charge in [-0.25, -0.2) is 4.79 Å². The Bertz CT molecular complexity index is 1710. The first kappa shape index (κ1) is 61.0. The topological polar surface area (TPSA) is 485 Å². The van der Waals surface area contributed by atoms with Gasteiger partial charge in [0.1, 0.15) is 42.3 Å². The summed E-state index contributed by atoms with van der Waals surface area (Å²) < 4.78 is 0. The van der Waals surface area contributed by atoms with Crippen molar-refractivity contribution in [3.05, 3.63) is 0 Å². The van der Waals surface area contributed by atoms with Gasteiger partial charge in [-0.1, -0.05) is 13.8 Å². The van der Waals surface area contributed by atoms with Gasteiger partial charge >= 0.3 is 5.97 Å². The zero-order valence-corrected chi connectivity index (χ0v) is 39.5. The largest absolute Gasteiger partial charge is 0.480 e. The van der Waals surface area contributed by atoms with Crippen LogP contribution in [0.5, 0.6) is 0 Å². The van der Waals surface area contributed by atoms with E-state index in [0.29, 0.717) is 25.8 Å². The van der Waals surface area contributed by atoms with Crippen LogP contribution >= 0.6 is 12.6 Å². The Hall–Kier alpha value is -6.00. The van der Waals surface area contributed by atoms with E-state index in [1.54, 1.807) is 13.8 Å². The monoisotopic (exact) mass is 975 g/mol. The van der Waals surface area contributed by atoms with E-state index in [2.05, 4.69) is 59.8 Å². The van der Waals surface area contributed by atoms with Gasteiger partial charge in [0.25, 0.3) is 0 Å². The maximum atomic E-state index is 13.7. The summed E-state index contributed by atoms with van der Waals surface area (Å²) in [5.41, 5.74) is 38.2. The van der Waals surface area contributed by atoms with E-state index in [0.717, 1.165) is 0 Å². The van der Waals surface area contributed by atoms with E-state index >= 15 is 0 Å². The average Bonchev–Trinajstić information content (AvgIpc) is 3.23. The summed E-state index contributed by atoms with van der Waals surface area (Å²) in [6.07, 6.45) is -0.598. The molecule has 0 aromatic heterocycles. The summed E-state index contributed by atoms with van der Waals surface area (Å²) in [4.78, 5) is 125. The highest BCUT2D eigenvalue weighted by molar-refractivity contribution is 7.80. The van der Waals surface area contributed by atoms with Crippen molar-refractivity contribution in [1.29, 1.82) is 0 Å². The lowest BCUT2D eigenvalue weighted by Gasteiger charge is -2.28. The van der Waals surface area contributed by atoms with Gasteiger partial charge in [-0.2, -0.15) is 12.6 Å². The van der Waals surface area contributed by atoms with Gasteiger partial charge in [0.05, 0.1) is 12.1 Å². The molecule has 0 saturated heterocycles. The summed E-state index contributed by atoms with van der Waals surface area (Å²) in [6.45, 7) is 6.53. The molecule has 0 aromatic carbocycles. The van der Waals surface area contributed by atoms with Crippen molar-refractivity contribution < 1.29 is 53.4 Å². The molecular formula is C39H74N16O11S. The molecule has 0 aliphatic rings. The fourth-order valence-electron chi connectivity index (χ4n) is 6.05. The predicted molar refractivity (Wildman–Crippen MR) is 251 cm³/mol. The molecule has 0 rings (SSSR count). The number of rotatable bonds is 34. The van der Waals surface area contributed by atoms with E-state index < -0.39 is 108 Å². The first-order valence-electron chi connectivity index (χ1n) is 21.8. The lowest BCUT2D eigenvalue weighted by Crippen LogP contribution is -2.61. The highest BCUT2D eigenvalue weighted by Crippen LogP contribution is 2.10. The SMILES string of the molecule is CC(C)C[C@H](NC(=O)[C@H](C)NC(=O)[C@@H](NC(=O)[C@H](CCCN=C(N)N)NC(=O)[C@@H](N)CCCN=C(N)N)[C@@H](C)O)C(=O)N[C@@H](CCC(N)=O)C(=O)N[C@@H](CS)C(=O)N[C@@H](CCCCN)C(=O)O. The third-order valence-corrected chi connectivity index (χ3v) is 10.1. The number of nitrogens with two attached hydrogens (primary N) is 7. The molecule has 8 amide bonds. The van der Waals surface area contributed by atoms with Crippen molar-refractivity contribution in [1.82, 2.24) is 37.2 Å². The Balaban J connectivity index is 6.12. The van der Waals surface area contributed by atoms with Crippen molar-refractivity contribution in [3.63, 3.8) is 0 Å². The number of nitrogens with zero attached hydrogens (tertiary/aromatic N) is 2. The fraction of sp³-hybridized carbons (Fsp3) is 0.718. The number of nitrogens with one attached hydrogen (secondary N) is 7.